The number of hydrogen-bond donors (Lipinski definition) is 2. The van der Waals surface area contributed by atoms with Crippen molar-refractivity contribution in [2.45, 2.75) is 6.92 Å². The highest BCUT2D eigenvalue weighted by Gasteiger charge is 2.10. The van der Waals surface area contributed by atoms with Gasteiger partial charge in [-0.25, -0.2) is 4.98 Å². The van der Waals surface area contributed by atoms with Crippen molar-refractivity contribution in [1.29, 1.82) is 0 Å². The van der Waals surface area contributed by atoms with Crippen LogP contribution in [0.25, 0.3) is 0 Å². The molecule has 0 aliphatic carbocycles. The number of hydrogen-bond acceptors (Lipinski definition) is 3. The Kier molecular flexibility index (Phi) is 4.07. The Labute approximate surface area is 124 Å². The molecule has 6 heteroatoms. The fourth-order valence-corrected chi connectivity index (χ4v) is 2.04. The molecule has 0 atom stereocenters. The highest BCUT2D eigenvalue weighted by Crippen LogP contribution is 2.24. The number of anilines is 2. The van der Waals surface area contributed by atoms with Gasteiger partial charge in [0.05, 0.1) is 16.9 Å². The molecule has 0 saturated heterocycles. The molecule has 0 unspecified atom stereocenters. The van der Waals surface area contributed by atoms with Crippen LogP contribution in [-0.2, 0) is 0 Å². The number of carbonyl (C=O) groups excluding carboxylic acids is 1. The highest BCUT2D eigenvalue weighted by molar-refractivity contribution is 9.10. The molecular weight excluding hydrogens is 330 g/mol. The molecule has 1 aromatic heterocycles. The minimum Gasteiger partial charge on any atom is -0.397 e. The van der Waals surface area contributed by atoms with Gasteiger partial charge in [0.15, 0.2) is 0 Å². The van der Waals surface area contributed by atoms with Gasteiger partial charge in [-0.2, -0.15) is 0 Å². The van der Waals surface area contributed by atoms with Gasteiger partial charge in [-0.3, -0.25) is 4.79 Å². The molecule has 0 bridgehead atoms. The smallest absolute Gasteiger partial charge is 0.256 e. The maximum absolute atomic E-state index is 12.1. The van der Waals surface area contributed by atoms with Gasteiger partial charge in [0.2, 0.25) is 0 Å². The van der Waals surface area contributed by atoms with E-state index in [9.17, 15) is 4.79 Å². The van der Waals surface area contributed by atoms with Crippen LogP contribution < -0.4 is 11.1 Å². The summed E-state index contributed by atoms with van der Waals surface area (Å²) in [5, 5.41) is 3.28. The summed E-state index contributed by atoms with van der Waals surface area (Å²) in [4.78, 5) is 16.2. The molecule has 98 valence electrons. The fraction of sp³-hybridized carbons (Fsp3) is 0.0769. The quantitative estimate of drug-likeness (QED) is 0.877. The third-order valence-electron chi connectivity index (χ3n) is 2.51. The van der Waals surface area contributed by atoms with E-state index in [2.05, 4.69) is 26.2 Å². The Bertz CT molecular complexity index is 646. The molecule has 0 radical (unpaired) electrons. The number of nitrogens with two attached hydrogens (primary N) is 1. The van der Waals surface area contributed by atoms with Crippen LogP contribution in [0.1, 0.15) is 15.9 Å². The van der Waals surface area contributed by atoms with Crippen molar-refractivity contribution >= 4 is 44.9 Å². The minimum absolute atomic E-state index is 0.252. The lowest BCUT2D eigenvalue weighted by Crippen LogP contribution is -2.14. The highest BCUT2D eigenvalue weighted by atomic mass is 79.9. The molecule has 0 spiro atoms. The van der Waals surface area contributed by atoms with Crippen molar-refractivity contribution in [1.82, 2.24) is 4.98 Å². The van der Waals surface area contributed by atoms with E-state index >= 15 is 0 Å². The second kappa shape index (κ2) is 5.59. The fourth-order valence-electron chi connectivity index (χ4n) is 1.54. The third-order valence-corrected chi connectivity index (χ3v) is 3.73. The first-order valence-corrected chi connectivity index (χ1v) is 6.63. The van der Waals surface area contributed by atoms with Gasteiger partial charge in [-0.1, -0.05) is 11.6 Å². The maximum atomic E-state index is 12.1. The number of halogens is 2. The van der Waals surface area contributed by atoms with Crippen LogP contribution in [0.5, 0.6) is 0 Å². The van der Waals surface area contributed by atoms with E-state index in [-0.39, 0.29) is 5.91 Å². The summed E-state index contributed by atoms with van der Waals surface area (Å²) < 4.78 is 0.670. The van der Waals surface area contributed by atoms with Crippen LogP contribution in [0.3, 0.4) is 0 Å². The number of carbonyl (C=O) groups is 1. The van der Waals surface area contributed by atoms with Crippen LogP contribution in [0.4, 0.5) is 11.5 Å². The SMILES string of the molecule is Cc1cc(N)cnc1NC(=O)c1ccc(Cl)c(Br)c1. The standard InChI is InChI=1S/C13H11BrClN3O/c1-7-4-9(16)6-17-12(7)18-13(19)8-2-3-11(15)10(14)5-8/h2-6H,16H2,1H3,(H,17,18,19). The summed E-state index contributed by atoms with van der Waals surface area (Å²) in [6.07, 6.45) is 1.50. The number of pyridine rings is 1. The van der Waals surface area contributed by atoms with E-state index in [4.69, 9.17) is 17.3 Å². The largest absolute Gasteiger partial charge is 0.397 e. The van der Waals surface area contributed by atoms with Crippen LogP contribution in [0.2, 0.25) is 5.02 Å². The second-order valence-corrected chi connectivity index (χ2v) is 5.28. The van der Waals surface area contributed by atoms with E-state index in [0.717, 1.165) is 5.56 Å². The first-order valence-electron chi connectivity index (χ1n) is 5.46. The zero-order valence-electron chi connectivity index (χ0n) is 10.1. The zero-order chi connectivity index (χ0) is 14.0. The molecule has 2 rings (SSSR count). The number of nitrogens with zero attached hydrogens (tertiary/aromatic N) is 1. The minimum atomic E-state index is -0.252. The third kappa shape index (κ3) is 3.24. The average Bonchev–Trinajstić information content (AvgIpc) is 2.36. The Morgan fingerprint density at radius 3 is 2.79 bits per heavy atom. The summed E-state index contributed by atoms with van der Waals surface area (Å²) >= 11 is 9.16. The van der Waals surface area contributed by atoms with Crippen molar-refractivity contribution in [3.05, 3.63) is 51.1 Å². The van der Waals surface area contributed by atoms with Crippen molar-refractivity contribution in [2.24, 2.45) is 0 Å². The number of benzene rings is 1. The monoisotopic (exact) mass is 339 g/mol. The molecular formula is C13H11BrClN3O. The molecule has 0 fully saturated rings. The van der Waals surface area contributed by atoms with Crippen LogP contribution in [0.15, 0.2) is 34.9 Å². The number of amides is 1. The van der Waals surface area contributed by atoms with Crippen LogP contribution >= 0.6 is 27.5 Å². The number of nitrogen functional groups attached to an aromatic ring is 1. The average molecular weight is 341 g/mol. The first-order chi connectivity index (χ1) is 8.97. The van der Waals surface area contributed by atoms with Gasteiger partial charge in [0, 0.05) is 10.0 Å². The molecule has 19 heavy (non-hydrogen) atoms. The van der Waals surface area contributed by atoms with Gasteiger partial charge in [-0.15, -0.1) is 0 Å². The summed E-state index contributed by atoms with van der Waals surface area (Å²) in [5.41, 5.74) is 7.47. The Balaban J connectivity index is 2.23. The molecule has 0 aliphatic heterocycles. The van der Waals surface area contributed by atoms with E-state index < -0.39 is 0 Å². The van der Waals surface area contributed by atoms with Crippen LogP contribution in [0, 0.1) is 6.92 Å². The van der Waals surface area contributed by atoms with Gasteiger partial charge in [0.1, 0.15) is 5.82 Å². The van der Waals surface area contributed by atoms with E-state index in [1.54, 1.807) is 24.3 Å². The Hall–Kier alpha value is -1.59. The summed E-state index contributed by atoms with van der Waals surface area (Å²) in [5.74, 6) is 0.239. The topological polar surface area (TPSA) is 68.0 Å². The molecule has 3 N–H and O–H groups in total. The summed E-state index contributed by atoms with van der Waals surface area (Å²) in [6, 6.07) is 6.71. The van der Waals surface area contributed by atoms with Crippen molar-refractivity contribution < 1.29 is 4.79 Å². The number of rotatable bonds is 2. The van der Waals surface area contributed by atoms with E-state index in [1.807, 2.05) is 6.92 Å². The van der Waals surface area contributed by atoms with Gasteiger partial charge in [-0.05, 0) is 52.7 Å². The van der Waals surface area contributed by atoms with Crippen molar-refractivity contribution in [3.63, 3.8) is 0 Å². The van der Waals surface area contributed by atoms with Gasteiger partial charge >= 0.3 is 0 Å². The van der Waals surface area contributed by atoms with E-state index in [0.29, 0.717) is 26.6 Å². The molecule has 1 aromatic carbocycles. The van der Waals surface area contributed by atoms with Gasteiger partial charge in [0.25, 0.3) is 5.91 Å². The lowest BCUT2D eigenvalue weighted by Gasteiger charge is -2.08. The number of aryl methyl sites for hydroxylation is 1. The lowest BCUT2D eigenvalue weighted by molar-refractivity contribution is 0.102. The van der Waals surface area contributed by atoms with Crippen molar-refractivity contribution in [2.75, 3.05) is 11.1 Å². The number of nitrogens with one attached hydrogen (secondary N) is 1. The predicted octanol–water partition coefficient (Wildman–Crippen LogP) is 3.64. The lowest BCUT2D eigenvalue weighted by atomic mass is 10.2. The molecule has 1 amide bonds. The first kappa shape index (κ1) is 13.8. The Morgan fingerprint density at radius 1 is 1.42 bits per heavy atom. The summed E-state index contributed by atoms with van der Waals surface area (Å²) in [6.45, 7) is 1.83. The predicted molar refractivity (Wildman–Crippen MR) is 80.5 cm³/mol. The van der Waals surface area contributed by atoms with Gasteiger partial charge < -0.3 is 11.1 Å². The van der Waals surface area contributed by atoms with Crippen molar-refractivity contribution in [3.8, 4) is 0 Å². The molecule has 1 heterocycles. The molecule has 2 aromatic rings. The van der Waals surface area contributed by atoms with Crippen LogP contribution in [-0.4, -0.2) is 10.9 Å². The maximum Gasteiger partial charge on any atom is 0.256 e. The number of aromatic nitrogens is 1. The normalized spacial score (nSPS) is 10.3. The molecule has 0 saturated carbocycles. The van der Waals surface area contributed by atoms with E-state index in [1.165, 1.54) is 6.20 Å². The second-order valence-electron chi connectivity index (χ2n) is 4.02. The Morgan fingerprint density at radius 2 is 2.16 bits per heavy atom. The zero-order valence-corrected chi connectivity index (χ0v) is 12.4. The summed E-state index contributed by atoms with van der Waals surface area (Å²) in [7, 11) is 0. The molecule has 0 aliphatic rings. The molecule has 4 nitrogen and oxygen atoms in total.